The molecule has 2 N–H and O–H groups in total. The normalized spacial score (nSPS) is 45.9. The molecule has 4 heteroatoms. The topological polar surface area (TPSA) is 58.6 Å². The number of hydrogen-bond donors (Lipinski definition) is 2. The highest BCUT2D eigenvalue weighted by Crippen LogP contribution is 2.72. The molecule has 0 aliphatic heterocycles. The van der Waals surface area contributed by atoms with Gasteiger partial charge < -0.3 is 15.2 Å². The fraction of sp³-hybridized carbons (Fsp3) is 0.868. The molecule has 9 atom stereocenters. The van der Waals surface area contributed by atoms with Gasteiger partial charge in [-0.05, 0) is 154 Å². The van der Waals surface area contributed by atoms with E-state index in [1.165, 1.54) is 88.3 Å². The van der Waals surface area contributed by atoms with Crippen LogP contribution in [0.3, 0.4) is 0 Å². The van der Waals surface area contributed by atoms with Crippen LogP contribution in [-0.2, 0) is 9.53 Å². The van der Waals surface area contributed by atoms with Crippen LogP contribution >= 0.6 is 0 Å². The van der Waals surface area contributed by atoms with Crippen molar-refractivity contribution in [2.24, 2.45) is 51.2 Å². The Hall–Kier alpha value is -1.13. The maximum absolute atomic E-state index is 12.8. The van der Waals surface area contributed by atoms with Crippen molar-refractivity contribution in [1.29, 1.82) is 0 Å². The monoisotopic (exact) mass is 579 g/mol. The molecule has 236 valence electrons. The SMILES string of the molecule is CCCN[C@]12CCCC1[C@H]1CCC3[C@@](C)(CCC4C(C)(C)C(C5=CCC(CO)(C(=O)OCC)CC5)=CC[C@@]43C)C1CC2. The second-order valence-electron chi connectivity index (χ2n) is 16.8. The first-order valence-corrected chi connectivity index (χ1v) is 17.9. The van der Waals surface area contributed by atoms with Gasteiger partial charge in [0, 0.05) is 5.54 Å². The van der Waals surface area contributed by atoms with Gasteiger partial charge >= 0.3 is 5.97 Å². The maximum Gasteiger partial charge on any atom is 0.314 e. The number of allylic oxidation sites excluding steroid dienone is 4. The van der Waals surface area contributed by atoms with Crippen LogP contribution < -0.4 is 5.32 Å². The van der Waals surface area contributed by atoms with Crippen LogP contribution in [0.25, 0.3) is 0 Å². The van der Waals surface area contributed by atoms with Crippen molar-refractivity contribution in [3.05, 3.63) is 23.3 Å². The molecule has 0 bridgehead atoms. The Bertz CT molecular complexity index is 1110. The average Bonchev–Trinajstić information content (AvgIpc) is 3.41. The third-order valence-electron chi connectivity index (χ3n) is 14.8. The summed E-state index contributed by atoms with van der Waals surface area (Å²) in [5.41, 5.74) is 3.59. The van der Waals surface area contributed by atoms with E-state index in [-0.39, 0.29) is 18.0 Å². The Morgan fingerprint density at radius 3 is 2.40 bits per heavy atom. The molecule has 0 aromatic rings. The summed E-state index contributed by atoms with van der Waals surface area (Å²) in [6.45, 7) is 16.1. The third-order valence-corrected chi connectivity index (χ3v) is 14.8. The largest absolute Gasteiger partial charge is 0.465 e. The predicted octanol–water partition coefficient (Wildman–Crippen LogP) is 8.39. The van der Waals surface area contributed by atoms with Gasteiger partial charge in [0.2, 0.25) is 0 Å². The van der Waals surface area contributed by atoms with Crippen molar-refractivity contribution < 1.29 is 14.6 Å². The lowest BCUT2D eigenvalue weighted by Crippen LogP contribution is -2.63. The van der Waals surface area contributed by atoms with Crippen molar-refractivity contribution in [2.75, 3.05) is 19.8 Å². The molecule has 4 nitrogen and oxygen atoms in total. The molecule has 0 aromatic heterocycles. The summed E-state index contributed by atoms with van der Waals surface area (Å²) in [6.07, 6.45) is 22.3. The van der Waals surface area contributed by atoms with Crippen LogP contribution in [-0.4, -0.2) is 36.4 Å². The zero-order chi connectivity index (χ0) is 30.0. The van der Waals surface area contributed by atoms with Gasteiger partial charge in [0.15, 0.2) is 0 Å². The highest BCUT2D eigenvalue weighted by molar-refractivity contribution is 5.77. The zero-order valence-electron chi connectivity index (χ0n) is 27.8. The highest BCUT2D eigenvalue weighted by Gasteiger charge is 2.65. The van der Waals surface area contributed by atoms with Gasteiger partial charge in [0.05, 0.1) is 18.6 Å². The van der Waals surface area contributed by atoms with Crippen molar-refractivity contribution in [2.45, 2.75) is 137 Å². The Balaban J connectivity index is 1.24. The van der Waals surface area contributed by atoms with Gasteiger partial charge in [0.25, 0.3) is 0 Å². The molecule has 6 aliphatic rings. The Labute approximate surface area is 256 Å². The number of esters is 1. The highest BCUT2D eigenvalue weighted by atomic mass is 16.5. The molecular formula is C38H61NO3. The van der Waals surface area contributed by atoms with Crippen molar-refractivity contribution in [1.82, 2.24) is 5.32 Å². The van der Waals surface area contributed by atoms with Gasteiger partial charge in [-0.15, -0.1) is 0 Å². The number of ether oxygens (including phenoxy) is 1. The van der Waals surface area contributed by atoms with E-state index in [2.05, 4.69) is 52.1 Å². The van der Waals surface area contributed by atoms with Gasteiger partial charge in [-0.1, -0.05) is 53.2 Å². The summed E-state index contributed by atoms with van der Waals surface area (Å²) in [4.78, 5) is 12.8. The standard InChI is InChI=1S/C38H61NO3/c1-7-24-39-38-18-9-10-30(38)27-11-12-32-35(5,29(27)16-23-38)20-17-31-34(3,4)28(15-19-36(31,32)6)26-13-21-37(25-40,22-14-26)33(41)42-8-2/h13,15,27,29-32,39-40H,7-12,14,16-25H2,1-6H3/t27-,29?,30?,31?,32?,35-,36-,37?,38-/m0/s1. The summed E-state index contributed by atoms with van der Waals surface area (Å²) in [5.74, 6) is 4.00. The molecule has 4 saturated carbocycles. The summed E-state index contributed by atoms with van der Waals surface area (Å²) >= 11 is 0. The Morgan fingerprint density at radius 1 is 0.905 bits per heavy atom. The number of carbonyl (C=O) groups is 1. The number of hydrogen-bond acceptors (Lipinski definition) is 4. The number of fused-ring (bicyclic) bond motifs is 7. The van der Waals surface area contributed by atoms with Crippen LogP contribution in [0.2, 0.25) is 0 Å². The number of carbonyl (C=O) groups excluding carboxylic acids is 1. The minimum atomic E-state index is -0.762. The van der Waals surface area contributed by atoms with Crippen LogP contribution in [0.15, 0.2) is 23.3 Å². The molecule has 42 heavy (non-hydrogen) atoms. The van der Waals surface area contributed by atoms with Crippen LogP contribution in [0, 0.1) is 51.2 Å². The zero-order valence-corrected chi connectivity index (χ0v) is 27.8. The van der Waals surface area contributed by atoms with Gasteiger partial charge in [0.1, 0.15) is 0 Å². The molecule has 6 aliphatic carbocycles. The molecule has 0 amide bonds. The molecule has 4 fully saturated rings. The Morgan fingerprint density at radius 2 is 1.71 bits per heavy atom. The van der Waals surface area contributed by atoms with Crippen molar-refractivity contribution in [3.63, 3.8) is 0 Å². The van der Waals surface area contributed by atoms with Gasteiger partial charge in [-0.25, -0.2) is 0 Å². The lowest BCUT2D eigenvalue weighted by atomic mass is 9.37. The fourth-order valence-electron chi connectivity index (χ4n) is 12.9. The first kappa shape index (κ1) is 30.9. The van der Waals surface area contributed by atoms with E-state index in [4.69, 9.17) is 4.74 Å². The van der Waals surface area contributed by atoms with Gasteiger partial charge in [-0.2, -0.15) is 0 Å². The molecule has 6 rings (SSSR count). The number of nitrogens with one attached hydrogen (secondary N) is 1. The number of aliphatic hydroxyl groups is 1. The Kier molecular flexibility index (Phi) is 8.12. The molecule has 0 aromatic carbocycles. The number of rotatable bonds is 7. The van der Waals surface area contributed by atoms with E-state index >= 15 is 0 Å². The van der Waals surface area contributed by atoms with E-state index in [0.717, 1.165) is 30.1 Å². The quantitative estimate of drug-likeness (QED) is 0.297. The second kappa shape index (κ2) is 11.0. The van der Waals surface area contributed by atoms with E-state index < -0.39 is 5.41 Å². The van der Waals surface area contributed by atoms with Crippen LogP contribution in [0.4, 0.5) is 0 Å². The first-order chi connectivity index (χ1) is 20.0. The van der Waals surface area contributed by atoms with Gasteiger partial charge in [-0.3, -0.25) is 4.79 Å². The fourth-order valence-corrected chi connectivity index (χ4v) is 12.9. The average molecular weight is 580 g/mol. The second-order valence-corrected chi connectivity index (χ2v) is 16.8. The smallest absolute Gasteiger partial charge is 0.314 e. The van der Waals surface area contributed by atoms with E-state index in [0.29, 0.717) is 41.7 Å². The van der Waals surface area contributed by atoms with E-state index in [1.807, 2.05) is 6.92 Å². The maximum atomic E-state index is 12.8. The number of aliphatic hydroxyl groups excluding tert-OH is 1. The minimum Gasteiger partial charge on any atom is -0.465 e. The minimum absolute atomic E-state index is 0.122. The van der Waals surface area contributed by atoms with Crippen molar-refractivity contribution in [3.8, 4) is 0 Å². The molecule has 5 unspecified atom stereocenters. The molecule has 0 radical (unpaired) electrons. The first-order valence-electron chi connectivity index (χ1n) is 17.9. The summed E-state index contributed by atoms with van der Waals surface area (Å²) < 4.78 is 5.38. The third kappa shape index (κ3) is 4.45. The lowest BCUT2D eigenvalue weighted by Gasteiger charge is -2.68. The summed E-state index contributed by atoms with van der Waals surface area (Å²) in [6, 6.07) is 0. The summed E-state index contributed by atoms with van der Waals surface area (Å²) in [7, 11) is 0. The van der Waals surface area contributed by atoms with E-state index in [9.17, 15) is 9.90 Å². The van der Waals surface area contributed by atoms with E-state index in [1.54, 1.807) is 0 Å². The molecule has 0 spiro atoms. The lowest BCUT2D eigenvalue weighted by molar-refractivity contribution is -0.175. The van der Waals surface area contributed by atoms with Crippen LogP contribution in [0.1, 0.15) is 131 Å². The molecule has 0 saturated heterocycles. The predicted molar refractivity (Wildman–Crippen MR) is 171 cm³/mol. The summed E-state index contributed by atoms with van der Waals surface area (Å²) in [5, 5.41) is 14.3. The molecule has 0 heterocycles. The van der Waals surface area contributed by atoms with Crippen molar-refractivity contribution >= 4 is 5.97 Å². The van der Waals surface area contributed by atoms with Crippen LogP contribution in [0.5, 0.6) is 0 Å². The molecular weight excluding hydrogens is 518 g/mol.